The van der Waals surface area contributed by atoms with Crippen LogP contribution in [-0.4, -0.2) is 9.97 Å². The van der Waals surface area contributed by atoms with Crippen molar-refractivity contribution in [3.63, 3.8) is 0 Å². The normalized spacial score (nSPS) is 10.2. The van der Waals surface area contributed by atoms with Gasteiger partial charge in [0.25, 0.3) is 0 Å². The van der Waals surface area contributed by atoms with Crippen LogP contribution in [0.2, 0.25) is 10.2 Å². The predicted molar refractivity (Wildman–Crippen MR) is 70.2 cm³/mol. The number of nitrogens with one attached hydrogen (secondary N) is 1. The highest BCUT2D eigenvalue weighted by molar-refractivity contribution is 6.30. The molecule has 2 aromatic rings. The fourth-order valence-electron chi connectivity index (χ4n) is 1.37. The standard InChI is InChI=1S/C11H10Cl2N4/c12-8-3-1-2-7(4-8)6-15-10-5-9(13)16-11(14)17-10/h1-5H,6H2,(H3,14,15,16,17). The van der Waals surface area contributed by atoms with Crippen LogP contribution in [-0.2, 0) is 6.54 Å². The summed E-state index contributed by atoms with van der Waals surface area (Å²) in [5.74, 6) is 0.730. The Hall–Kier alpha value is -1.52. The Kier molecular flexibility index (Phi) is 3.66. The third kappa shape index (κ3) is 3.47. The quantitative estimate of drug-likeness (QED) is 0.841. The summed E-state index contributed by atoms with van der Waals surface area (Å²) in [5.41, 5.74) is 6.53. The Morgan fingerprint density at radius 1 is 1.18 bits per heavy atom. The highest BCUT2D eigenvalue weighted by atomic mass is 35.5. The fourth-order valence-corrected chi connectivity index (χ4v) is 1.77. The molecule has 0 bridgehead atoms. The van der Waals surface area contributed by atoms with Gasteiger partial charge in [0.2, 0.25) is 5.95 Å². The van der Waals surface area contributed by atoms with Crippen molar-refractivity contribution in [3.05, 3.63) is 46.1 Å². The van der Waals surface area contributed by atoms with E-state index in [0.29, 0.717) is 22.5 Å². The molecule has 3 N–H and O–H groups in total. The van der Waals surface area contributed by atoms with E-state index in [1.165, 1.54) is 0 Å². The van der Waals surface area contributed by atoms with E-state index in [1.807, 2.05) is 24.3 Å². The maximum absolute atomic E-state index is 5.88. The van der Waals surface area contributed by atoms with Gasteiger partial charge in [-0.3, -0.25) is 0 Å². The maximum atomic E-state index is 5.88. The summed E-state index contributed by atoms with van der Waals surface area (Å²) < 4.78 is 0. The number of nitrogen functional groups attached to an aromatic ring is 1. The summed E-state index contributed by atoms with van der Waals surface area (Å²) >= 11 is 11.6. The van der Waals surface area contributed by atoms with E-state index in [9.17, 15) is 0 Å². The van der Waals surface area contributed by atoms with E-state index >= 15 is 0 Å². The van der Waals surface area contributed by atoms with E-state index in [-0.39, 0.29) is 5.95 Å². The van der Waals surface area contributed by atoms with Gasteiger partial charge in [-0.15, -0.1) is 0 Å². The molecule has 4 nitrogen and oxygen atoms in total. The second kappa shape index (κ2) is 5.21. The lowest BCUT2D eigenvalue weighted by Gasteiger charge is -2.06. The largest absolute Gasteiger partial charge is 0.368 e. The summed E-state index contributed by atoms with van der Waals surface area (Å²) in [6.07, 6.45) is 0. The lowest BCUT2D eigenvalue weighted by atomic mass is 10.2. The van der Waals surface area contributed by atoms with Crippen molar-refractivity contribution < 1.29 is 0 Å². The molecule has 0 amide bonds. The van der Waals surface area contributed by atoms with Crippen LogP contribution in [0.15, 0.2) is 30.3 Å². The van der Waals surface area contributed by atoms with Gasteiger partial charge in [-0.1, -0.05) is 35.3 Å². The number of halogens is 2. The van der Waals surface area contributed by atoms with Crippen LogP contribution < -0.4 is 11.1 Å². The average Bonchev–Trinajstić information content (AvgIpc) is 2.25. The highest BCUT2D eigenvalue weighted by Crippen LogP contribution is 2.15. The van der Waals surface area contributed by atoms with Crippen LogP contribution in [0.1, 0.15) is 5.56 Å². The Labute approximate surface area is 109 Å². The number of hydrogen-bond acceptors (Lipinski definition) is 4. The highest BCUT2D eigenvalue weighted by Gasteiger charge is 2.00. The summed E-state index contributed by atoms with van der Waals surface area (Å²) in [4.78, 5) is 7.78. The molecule has 0 spiro atoms. The molecule has 0 aliphatic heterocycles. The average molecular weight is 269 g/mol. The molecule has 0 atom stereocenters. The number of aromatic nitrogens is 2. The van der Waals surface area contributed by atoms with Crippen molar-refractivity contribution in [3.8, 4) is 0 Å². The first-order valence-electron chi connectivity index (χ1n) is 4.92. The molecule has 0 aliphatic carbocycles. The van der Waals surface area contributed by atoms with Crippen LogP contribution >= 0.6 is 23.2 Å². The topological polar surface area (TPSA) is 63.8 Å². The monoisotopic (exact) mass is 268 g/mol. The van der Waals surface area contributed by atoms with Crippen LogP contribution in [0.5, 0.6) is 0 Å². The van der Waals surface area contributed by atoms with E-state index < -0.39 is 0 Å². The minimum atomic E-state index is 0.145. The molecule has 0 unspecified atom stereocenters. The summed E-state index contributed by atoms with van der Waals surface area (Å²) in [7, 11) is 0. The number of nitrogens with two attached hydrogens (primary N) is 1. The van der Waals surface area contributed by atoms with Crippen molar-refractivity contribution in [1.29, 1.82) is 0 Å². The molecule has 0 saturated heterocycles. The molecule has 1 aromatic heterocycles. The molecule has 2 rings (SSSR count). The molecule has 6 heteroatoms. The Morgan fingerprint density at radius 2 is 2.00 bits per heavy atom. The third-order valence-electron chi connectivity index (χ3n) is 2.07. The molecular weight excluding hydrogens is 259 g/mol. The Balaban J connectivity index is 2.07. The van der Waals surface area contributed by atoms with Crippen LogP contribution in [0, 0.1) is 0 Å². The molecule has 1 heterocycles. The first-order valence-corrected chi connectivity index (χ1v) is 5.67. The second-order valence-electron chi connectivity index (χ2n) is 3.42. The SMILES string of the molecule is Nc1nc(Cl)cc(NCc2cccc(Cl)c2)n1. The molecule has 0 fully saturated rings. The zero-order chi connectivity index (χ0) is 12.3. The number of benzene rings is 1. The van der Waals surface area contributed by atoms with Gasteiger partial charge in [0.05, 0.1) is 0 Å². The van der Waals surface area contributed by atoms with Gasteiger partial charge in [-0.2, -0.15) is 4.98 Å². The molecule has 0 saturated carbocycles. The van der Waals surface area contributed by atoms with Gasteiger partial charge in [-0.05, 0) is 17.7 Å². The molecule has 0 aliphatic rings. The predicted octanol–water partition coefficient (Wildman–Crippen LogP) is 2.98. The fraction of sp³-hybridized carbons (Fsp3) is 0.0909. The summed E-state index contributed by atoms with van der Waals surface area (Å²) in [5, 5.41) is 4.11. The minimum Gasteiger partial charge on any atom is -0.368 e. The van der Waals surface area contributed by atoms with Crippen LogP contribution in [0.3, 0.4) is 0 Å². The molecular formula is C11H10Cl2N4. The number of rotatable bonds is 3. The smallest absolute Gasteiger partial charge is 0.223 e. The zero-order valence-electron chi connectivity index (χ0n) is 8.82. The first-order chi connectivity index (χ1) is 8.13. The van der Waals surface area contributed by atoms with Gasteiger partial charge >= 0.3 is 0 Å². The second-order valence-corrected chi connectivity index (χ2v) is 4.24. The lowest BCUT2D eigenvalue weighted by molar-refractivity contribution is 1.09. The van der Waals surface area contributed by atoms with Gasteiger partial charge in [0.1, 0.15) is 11.0 Å². The third-order valence-corrected chi connectivity index (χ3v) is 2.50. The van der Waals surface area contributed by atoms with Crippen molar-refractivity contribution in [2.24, 2.45) is 0 Å². The van der Waals surface area contributed by atoms with E-state index in [2.05, 4.69) is 15.3 Å². The molecule has 17 heavy (non-hydrogen) atoms. The Bertz CT molecular complexity index is 510. The molecule has 88 valence electrons. The number of hydrogen-bond donors (Lipinski definition) is 2. The van der Waals surface area contributed by atoms with E-state index in [0.717, 1.165) is 5.56 Å². The van der Waals surface area contributed by atoms with Gasteiger partial charge in [-0.25, -0.2) is 4.98 Å². The van der Waals surface area contributed by atoms with Crippen molar-refractivity contribution >= 4 is 35.0 Å². The van der Waals surface area contributed by atoms with E-state index in [1.54, 1.807) is 6.07 Å². The minimum absolute atomic E-state index is 0.145. The maximum Gasteiger partial charge on any atom is 0.223 e. The van der Waals surface area contributed by atoms with Gasteiger partial charge in [0.15, 0.2) is 0 Å². The van der Waals surface area contributed by atoms with Gasteiger partial charge in [0, 0.05) is 17.6 Å². The first kappa shape index (κ1) is 12.0. The Morgan fingerprint density at radius 3 is 2.71 bits per heavy atom. The molecule has 1 aromatic carbocycles. The van der Waals surface area contributed by atoms with Crippen LogP contribution in [0.4, 0.5) is 11.8 Å². The van der Waals surface area contributed by atoms with Gasteiger partial charge < -0.3 is 11.1 Å². The summed E-state index contributed by atoms with van der Waals surface area (Å²) in [6.45, 7) is 0.591. The number of nitrogens with zero attached hydrogens (tertiary/aromatic N) is 2. The van der Waals surface area contributed by atoms with E-state index in [4.69, 9.17) is 28.9 Å². The summed E-state index contributed by atoms with van der Waals surface area (Å²) in [6, 6.07) is 9.17. The van der Waals surface area contributed by atoms with Crippen molar-refractivity contribution in [1.82, 2.24) is 9.97 Å². The lowest BCUT2D eigenvalue weighted by Crippen LogP contribution is -2.04. The van der Waals surface area contributed by atoms with Crippen LogP contribution in [0.25, 0.3) is 0 Å². The molecule has 0 radical (unpaired) electrons. The number of anilines is 2. The zero-order valence-corrected chi connectivity index (χ0v) is 10.3. The van der Waals surface area contributed by atoms with Crippen molar-refractivity contribution in [2.45, 2.75) is 6.54 Å². The van der Waals surface area contributed by atoms with Crippen molar-refractivity contribution in [2.75, 3.05) is 11.1 Å².